The van der Waals surface area contributed by atoms with Gasteiger partial charge in [-0.15, -0.1) is 0 Å². The summed E-state index contributed by atoms with van der Waals surface area (Å²) in [7, 11) is -2.06. The van der Waals surface area contributed by atoms with Gasteiger partial charge in [-0.3, -0.25) is 4.79 Å². The normalized spacial score (nSPS) is 16.7. The first-order valence-electron chi connectivity index (χ1n) is 12.0. The van der Waals surface area contributed by atoms with E-state index in [-0.39, 0.29) is 10.8 Å². The molecule has 2 saturated heterocycles. The molecule has 1 N–H and O–H groups in total. The molecule has 0 unspecified atom stereocenters. The number of carbonyl (C=O) groups is 1. The molecular weight excluding hydrogens is 452 g/mol. The number of anilines is 2. The highest BCUT2D eigenvalue weighted by Gasteiger charge is 2.28. The van der Waals surface area contributed by atoms with Crippen molar-refractivity contribution in [2.75, 3.05) is 62.7 Å². The number of para-hydroxylation sites is 2. The molecule has 4 rings (SSSR count). The maximum Gasteiger partial charge on any atom is 0.254 e. The zero-order valence-electron chi connectivity index (χ0n) is 20.0. The van der Waals surface area contributed by atoms with Crippen LogP contribution in [0, 0.1) is 0 Å². The Hall–Kier alpha value is -2.78. The van der Waals surface area contributed by atoms with E-state index in [2.05, 4.69) is 14.5 Å². The Kier molecular flexibility index (Phi) is 7.63. The van der Waals surface area contributed by atoms with E-state index in [1.54, 1.807) is 30.2 Å². The summed E-state index contributed by atoms with van der Waals surface area (Å²) in [6, 6.07) is 13.0. The second-order valence-electron chi connectivity index (χ2n) is 8.73. The fraction of sp³-hybridized carbons (Fsp3) is 0.480. The molecule has 2 heterocycles. The zero-order valence-corrected chi connectivity index (χ0v) is 20.8. The van der Waals surface area contributed by atoms with E-state index >= 15 is 0 Å². The van der Waals surface area contributed by atoms with E-state index in [1.807, 2.05) is 31.2 Å². The number of hydrogen-bond acceptors (Lipinski definition) is 6. The average molecular weight is 487 g/mol. The van der Waals surface area contributed by atoms with Crippen LogP contribution in [0.5, 0.6) is 5.75 Å². The Morgan fingerprint density at radius 1 is 0.941 bits per heavy atom. The number of carbonyl (C=O) groups excluding carboxylic acids is 1. The minimum Gasteiger partial charge on any atom is -0.495 e. The van der Waals surface area contributed by atoms with Gasteiger partial charge in [0.2, 0.25) is 10.0 Å². The number of methoxy groups -OCH3 is 1. The molecule has 2 aliphatic rings. The van der Waals surface area contributed by atoms with Crippen molar-refractivity contribution in [1.29, 1.82) is 0 Å². The van der Waals surface area contributed by atoms with Crippen molar-refractivity contribution in [3.05, 3.63) is 48.0 Å². The standard InChI is InChI=1S/C25H34N4O4S/c1-3-12-26-34(31,32)24-19-20(10-11-22(24)27-13-6-7-14-27)25(30)29-17-15-28(16-18-29)21-8-4-5-9-23(21)33-2/h4-5,8-11,19,26H,3,6-7,12-18H2,1-2H3. The maximum atomic E-state index is 13.3. The van der Waals surface area contributed by atoms with Crippen molar-refractivity contribution in [1.82, 2.24) is 9.62 Å². The molecule has 0 saturated carbocycles. The smallest absolute Gasteiger partial charge is 0.254 e. The van der Waals surface area contributed by atoms with E-state index in [4.69, 9.17) is 4.74 Å². The van der Waals surface area contributed by atoms with Crippen molar-refractivity contribution in [2.45, 2.75) is 31.1 Å². The molecule has 2 fully saturated rings. The molecule has 2 aliphatic heterocycles. The molecule has 0 atom stereocenters. The van der Waals surface area contributed by atoms with E-state index in [1.165, 1.54) is 0 Å². The van der Waals surface area contributed by atoms with Crippen LogP contribution in [0.3, 0.4) is 0 Å². The Morgan fingerprint density at radius 2 is 1.62 bits per heavy atom. The third-order valence-electron chi connectivity index (χ3n) is 6.48. The van der Waals surface area contributed by atoms with E-state index in [0.29, 0.717) is 50.4 Å². The van der Waals surface area contributed by atoms with Gasteiger partial charge >= 0.3 is 0 Å². The van der Waals surface area contributed by atoms with Gasteiger partial charge in [0.15, 0.2) is 0 Å². The molecule has 0 aromatic heterocycles. The summed E-state index contributed by atoms with van der Waals surface area (Å²) in [6.45, 7) is 6.42. The number of rotatable bonds is 8. The number of sulfonamides is 1. The van der Waals surface area contributed by atoms with Crippen molar-refractivity contribution in [3.63, 3.8) is 0 Å². The number of nitrogens with zero attached hydrogens (tertiary/aromatic N) is 3. The molecule has 184 valence electrons. The first kappa shape index (κ1) is 24.3. The van der Waals surface area contributed by atoms with Gasteiger partial charge in [0.25, 0.3) is 5.91 Å². The fourth-order valence-corrected chi connectivity index (χ4v) is 6.00. The van der Waals surface area contributed by atoms with Gasteiger partial charge in [0.05, 0.1) is 18.5 Å². The predicted octanol–water partition coefficient (Wildman–Crippen LogP) is 2.95. The van der Waals surface area contributed by atoms with Crippen molar-refractivity contribution in [3.8, 4) is 5.75 Å². The molecule has 8 nitrogen and oxygen atoms in total. The molecule has 0 spiro atoms. The minimum atomic E-state index is -3.71. The molecule has 2 aromatic rings. The zero-order chi connectivity index (χ0) is 24.1. The number of nitrogens with one attached hydrogen (secondary N) is 1. The monoisotopic (exact) mass is 486 g/mol. The molecule has 9 heteroatoms. The highest BCUT2D eigenvalue weighted by atomic mass is 32.2. The maximum absolute atomic E-state index is 13.3. The van der Waals surface area contributed by atoms with Gasteiger partial charge in [0, 0.05) is 51.4 Å². The Balaban J connectivity index is 1.53. The second kappa shape index (κ2) is 10.7. The van der Waals surface area contributed by atoms with Gasteiger partial charge in [-0.05, 0) is 49.6 Å². The second-order valence-corrected chi connectivity index (χ2v) is 10.5. The molecule has 2 aromatic carbocycles. The third-order valence-corrected chi connectivity index (χ3v) is 7.97. The first-order chi connectivity index (χ1) is 16.4. The van der Waals surface area contributed by atoms with Crippen LogP contribution in [0.4, 0.5) is 11.4 Å². The van der Waals surface area contributed by atoms with Crippen LogP contribution >= 0.6 is 0 Å². The molecular formula is C25H34N4O4S. The minimum absolute atomic E-state index is 0.139. The number of piperazine rings is 1. The largest absolute Gasteiger partial charge is 0.495 e. The number of ether oxygens (including phenoxy) is 1. The van der Waals surface area contributed by atoms with Crippen LogP contribution in [0.25, 0.3) is 0 Å². The van der Waals surface area contributed by atoms with Gasteiger partial charge in [0.1, 0.15) is 10.6 Å². The lowest BCUT2D eigenvalue weighted by molar-refractivity contribution is 0.0746. The average Bonchev–Trinajstić information content (AvgIpc) is 3.42. The summed E-state index contributed by atoms with van der Waals surface area (Å²) in [4.78, 5) is 19.6. The van der Waals surface area contributed by atoms with Crippen LogP contribution in [0.1, 0.15) is 36.5 Å². The lowest BCUT2D eigenvalue weighted by Gasteiger charge is -2.36. The summed E-state index contributed by atoms with van der Waals surface area (Å²) in [6.07, 6.45) is 2.78. The van der Waals surface area contributed by atoms with Gasteiger partial charge in [-0.1, -0.05) is 19.1 Å². The Bertz CT molecular complexity index is 1110. The number of amides is 1. The van der Waals surface area contributed by atoms with Crippen LogP contribution < -0.4 is 19.3 Å². The molecule has 0 bridgehead atoms. The molecule has 0 aliphatic carbocycles. The molecule has 34 heavy (non-hydrogen) atoms. The SMILES string of the molecule is CCCNS(=O)(=O)c1cc(C(=O)N2CCN(c3ccccc3OC)CC2)ccc1N1CCCC1. The summed E-state index contributed by atoms with van der Waals surface area (Å²) in [5.74, 6) is 0.675. The summed E-state index contributed by atoms with van der Waals surface area (Å²) < 4.78 is 34.3. The number of benzene rings is 2. The van der Waals surface area contributed by atoms with Crippen LogP contribution in [0.2, 0.25) is 0 Å². The summed E-state index contributed by atoms with van der Waals surface area (Å²) >= 11 is 0. The lowest BCUT2D eigenvalue weighted by atomic mass is 10.1. The third kappa shape index (κ3) is 5.15. The van der Waals surface area contributed by atoms with Gasteiger partial charge < -0.3 is 19.4 Å². The Morgan fingerprint density at radius 3 is 2.29 bits per heavy atom. The first-order valence-corrected chi connectivity index (χ1v) is 13.5. The van der Waals surface area contributed by atoms with E-state index in [9.17, 15) is 13.2 Å². The van der Waals surface area contributed by atoms with Gasteiger partial charge in [-0.25, -0.2) is 13.1 Å². The van der Waals surface area contributed by atoms with Crippen LogP contribution in [-0.4, -0.2) is 72.1 Å². The van der Waals surface area contributed by atoms with Crippen molar-refractivity contribution >= 4 is 27.3 Å². The van der Waals surface area contributed by atoms with Gasteiger partial charge in [-0.2, -0.15) is 0 Å². The molecule has 1 amide bonds. The fourth-order valence-electron chi connectivity index (χ4n) is 4.62. The Labute approximate surface area is 202 Å². The lowest BCUT2D eigenvalue weighted by Crippen LogP contribution is -2.49. The van der Waals surface area contributed by atoms with Crippen molar-refractivity contribution in [2.24, 2.45) is 0 Å². The van der Waals surface area contributed by atoms with Crippen molar-refractivity contribution < 1.29 is 17.9 Å². The van der Waals surface area contributed by atoms with E-state index < -0.39 is 10.0 Å². The number of hydrogen-bond donors (Lipinski definition) is 1. The predicted molar refractivity (Wildman–Crippen MR) is 134 cm³/mol. The van der Waals surface area contributed by atoms with Crippen LogP contribution in [0.15, 0.2) is 47.4 Å². The summed E-state index contributed by atoms with van der Waals surface area (Å²) in [5, 5.41) is 0. The highest BCUT2D eigenvalue weighted by Crippen LogP contribution is 2.31. The molecule has 0 radical (unpaired) electrons. The van der Waals surface area contributed by atoms with Crippen LogP contribution in [-0.2, 0) is 10.0 Å². The van der Waals surface area contributed by atoms with E-state index in [0.717, 1.165) is 37.4 Å². The topological polar surface area (TPSA) is 82.2 Å². The quantitative estimate of drug-likeness (QED) is 0.618. The summed E-state index contributed by atoms with van der Waals surface area (Å²) in [5.41, 5.74) is 2.10. The highest BCUT2D eigenvalue weighted by molar-refractivity contribution is 7.89.